The number of benzene rings is 2. The number of ether oxygens (including phenoxy) is 1. The highest BCUT2D eigenvalue weighted by Gasteiger charge is 2.54. The summed E-state index contributed by atoms with van der Waals surface area (Å²) in [4.78, 5) is 26.4. The van der Waals surface area contributed by atoms with Crippen LogP contribution in [0.1, 0.15) is 89.4 Å². The third-order valence-electron chi connectivity index (χ3n) is 8.90. The average molecular weight is 574 g/mol. The zero-order chi connectivity index (χ0) is 38.9. The molecule has 2 aromatic rings. The zero-order valence-electron chi connectivity index (χ0n) is 35.1. The smallest absolute Gasteiger partial charge is 0.322 e. The Balaban J connectivity index is 2.55. The van der Waals surface area contributed by atoms with Crippen LogP contribution in [-0.4, -0.2) is 55.1 Å². The predicted molar refractivity (Wildman–Crippen MR) is 167 cm³/mol. The lowest BCUT2D eigenvalue weighted by Crippen LogP contribution is -2.62. The molecule has 0 bridgehead atoms. The third-order valence-corrected chi connectivity index (χ3v) is 8.90. The van der Waals surface area contributed by atoms with Gasteiger partial charge in [-0.05, 0) is 66.8 Å². The number of amides is 1. The van der Waals surface area contributed by atoms with Gasteiger partial charge in [0, 0.05) is 42.7 Å². The topological polar surface area (TPSA) is 78.9 Å². The van der Waals surface area contributed by atoms with Crippen molar-refractivity contribution in [2.75, 3.05) is 33.2 Å². The van der Waals surface area contributed by atoms with Gasteiger partial charge in [0.05, 0.1) is 12.5 Å². The van der Waals surface area contributed by atoms with Crippen molar-refractivity contribution < 1.29 is 31.8 Å². The van der Waals surface area contributed by atoms with Gasteiger partial charge in [-0.15, -0.1) is 0 Å². The molecule has 3 rings (SSSR count). The van der Waals surface area contributed by atoms with Crippen LogP contribution < -0.4 is 10.1 Å². The first kappa shape index (κ1) is 21.8. The van der Waals surface area contributed by atoms with Gasteiger partial charge in [0.2, 0.25) is 5.91 Å². The molecule has 0 aromatic heterocycles. The van der Waals surface area contributed by atoms with Gasteiger partial charge in [-0.1, -0.05) is 84.3 Å². The summed E-state index contributed by atoms with van der Waals surface area (Å²) < 4.78 is 92.7. The first-order chi connectivity index (χ1) is 22.4. The van der Waals surface area contributed by atoms with Crippen LogP contribution in [0.5, 0.6) is 5.75 Å². The molecular formula is C35H52N2O4. The molecule has 0 spiro atoms. The molecule has 226 valence electrons. The lowest BCUT2D eigenvalue weighted by Gasteiger charge is -2.57. The summed E-state index contributed by atoms with van der Waals surface area (Å²) in [6.07, 6.45) is -2.85. The Hall–Kier alpha value is -2.86. The molecule has 1 amide bonds. The van der Waals surface area contributed by atoms with E-state index in [-0.39, 0.29) is 11.3 Å². The van der Waals surface area contributed by atoms with Crippen LogP contribution in [0.25, 0.3) is 0 Å². The predicted octanol–water partition coefficient (Wildman–Crippen LogP) is 6.37. The van der Waals surface area contributed by atoms with E-state index >= 15 is 0 Å². The molecule has 0 aliphatic carbocycles. The molecule has 0 saturated carbocycles. The second kappa shape index (κ2) is 12.6. The van der Waals surface area contributed by atoms with Crippen molar-refractivity contribution >= 4 is 11.9 Å². The van der Waals surface area contributed by atoms with Gasteiger partial charge in [0.15, 0.2) is 0 Å². The summed E-state index contributed by atoms with van der Waals surface area (Å²) in [5.41, 5.74) is -3.65. The van der Waals surface area contributed by atoms with Crippen LogP contribution in [0, 0.1) is 36.9 Å². The van der Waals surface area contributed by atoms with Gasteiger partial charge in [-0.2, -0.15) is 0 Å². The minimum absolute atomic E-state index is 0.0206. The van der Waals surface area contributed by atoms with Crippen LogP contribution in [-0.2, 0) is 20.4 Å². The van der Waals surface area contributed by atoms with Crippen molar-refractivity contribution in [1.82, 2.24) is 10.2 Å². The van der Waals surface area contributed by atoms with Gasteiger partial charge < -0.3 is 20.1 Å². The monoisotopic (exact) mass is 573 g/mol. The lowest BCUT2D eigenvalue weighted by molar-refractivity contribution is -0.142. The number of methoxy groups -OCH3 is 1. The molecule has 1 aliphatic heterocycles. The number of hydrogen-bond donors (Lipinski definition) is 2. The molecule has 6 nitrogen and oxygen atoms in total. The molecule has 6 heteroatoms. The summed E-state index contributed by atoms with van der Waals surface area (Å²) in [6, 6.07) is 11.6. The van der Waals surface area contributed by atoms with E-state index in [1.807, 2.05) is 13.0 Å². The summed E-state index contributed by atoms with van der Waals surface area (Å²) in [6.45, 7) is 5.20. The van der Waals surface area contributed by atoms with Crippen molar-refractivity contribution in [3.05, 3.63) is 64.7 Å². The van der Waals surface area contributed by atoms with Crippen molar-refractivity contribution in [2.24, 2.45) is 23.1 Å². The van der Waals surface area contributed by atoms with Crippen LogP contribution >= 0.6 is 0 Å². The first-order valence-corrected chi connectivity index (χ1v) is 13.9. The fourth-order valence-electron chi connectivity index (χ4n) is 6.16. The van der Waals surface area contributed by atoms with Crippen molar-refractivity contribution in [3.8, 4) is 5.75 Å². The van der Waals surface area contributed by atoms with E-state index in [4.69, 9.17) is 7.48 Å². The van der Waals surface area contributed by atoms with Crippen LogP contribution in [0.2, 0.25) is 0 Å². The fourth-order valence-corrected chi connectivity index (χ4v) is 6.16. The van der Waals surface area contributed by atoms with Gasteiger partial charge in [0.1, 0.15) is 12.3 Å². The number of aryl methyl sites for hydroxylation is 2. The van der Waals surface area contributed by atoms with E-state index in [0.717, 1.165) is 19.4 Å². The van der Waals surface area contributed by atoms with Gasteiger partial charge in [-0.3, -0.25) is 9.59 Å². The normalized spacial score (nSPS) is 33.1. The highest BCUT2D eigenvalue weighted by atomic mass is 16.5. The highest BCUT2D eigenvalue weighted by molar-refractivity contribution is 5.87. The van der Waals surface area contributed by atoms with E-state index in [2.05, 4.69) is 5.32 Å². The number of nitrogens with one attached hydrogen (secondary N) is 1. The Morgan fingerprint density at radius 1 is 1.22 bits per heavy atom. The number of likely N-dealkylation sites (tertiary alicyclic amines) is 1. The second-order valence-electron chi connectivity index (χ2n) is 11.8. The SMILES string of the molecule is [2H]C1([2H])N(CC(C)(C(=O)NCC(=O)O)C(C)(C)c2ccccc2C)C([2H])([2H])[C@]([2H])(C([2H])([2H])C)[C@@](c2ccc(C)c(OC)c2)(C([2H])(C)C)C1([2H])C. The molecule has 2 aromatic carbocycles. The summed E-state index contributed by atoms with van der Waals surface area (Å²) in [5.74, 6) is -9.78. The van der Waals surface area contributed by atoms with Crippen LogP contribution in [0.4, 0.5) is 0 Å². The molecule has 1 heterocycles. The molecule has 41 heavy (non-hydrogen) atoms. The standard InChI is InChI=1S/C35H52N2O4/c1-11-27-21-37(20-26(6)35(27,23(2)3)28-17-16-25(5)30(18-28)41-10)22-34(9,32(40)36-19-31(38)39)33(7,8)29-15-13-12-14-24(29)4/h12-18,23,26-27H,11,19-22H2,1-10H3,(H,36,40)(H,38,39)/t26?,27-,34?,35+/m0/s1/i11D2,20D2,21D2,23D,26D,27D. The molecule has 0 radical (unpaired) electrons. The molecule has 1 saturated heterocycles. The highest BCUT2D eigenvalue weighted by Crippen LogP contribution is 2.52. The second-order valence-corrected chi connectivity index (χ2v) is 11.8. The Bertz CT molecular complexity index is 1640. The number of rotatable bonds is 11. The van der Waals surface area contributed by atoms with Gasteiger partial charge >= 0.3 is 5.97 Å². The summed E-state index contributed by atoms with van der Waals surface area (Å²) >= 11 is 0. The molecule has 2 unspecified atom stereocenters. The van der Waals surface area contributed by atoms with Crippen molar-refractivity contribution in [1.29, 1.82) is 0 Å². The van der Waals surface area contributed by atoms with Crippen molar-refractivity contribution in [3.63, 3.8) is 0 Å². The average Bonchev–Trinajstić information content (AvgIpc) is 2.97. The maximum absolute atomic E-state index is 14.3. The van der Waals surface area contributed by atoms with E-state index < -0.39 is 78.3 Å². The number of hydrogen-bond acceptors (Lipinski definition) is 4. The minimum atomic E-state index is -3.33. The van der Waals surface area contributed by atoms with E-state index in [9.17, 15) is 24.3 Å². The molecule has 1 aliphatic rings. The fraction of sp³-hybridized carbons (Fsp3) is 0.600. The number of aliphatic carboxylic acids is 1. The number of nitrogens with zero attached hydrogens (tertiary/aromatic N) is 1. The van der Waals surface area contributed by atoms with E-state index in [1.165, 1.54) is 40.0 Å². The number of carboxylic acids is 1. The zero-order valence-corrected chi connectivity index (χ0v) is 26.1. The van der Waals surface area contributed by atoms with Gasteiger partial charge in [-0.25, -0.2) is 0 Å². The van der Waals surface area contributed by atoms with Gasteiger partial charge in [0.25, 0.3) is 0 Å². The molecule has 1 fully saturated rings. The quantitative estimate of drug-likeness (QED) is 0.327. The van der Waals surface area contributed by atoms with Crippen molar-refractivity contribution in [2.45, 2.75) is 79.5 Å². The summed E-state index contributed by atoms with van der Waals surface area (Å²) in [5, 5.41) is 11.8. The number of carbonyl (C=O) groups excluding carboxylic acids is 1. The molecular weight excluding hydrogens is 512 g/mol. The van der Waals surface area contributed by atoms with Crippen LogP contribution in [0.15, 0.2) is 42.5 Å². The summed E-state index contributed by atoms with van der Waals surface area (Å²) in [7, 11) is 1.39. The maximum Gasteiger partial charge on any atom is 0.322 e. The third kappa shape index (κ3) is 5.90. The van der Waals surface area contributed by atoms with E-state index in [1.54, 1.807) is 45.0 Å². The Morgan fingerprint density at radius 3 is 2.44 bits per heavy atom. The van der Waals surface area contributed by atoms with Crippen LogP contribution in [0.3, 0.4) is 0 Å². The number of carbonyl (C=O) groups is 2. The lowest BCUT2D eigenvalue weighted by atomic mass is 9.54. The Labute approximate surface area is 260 Å². The largest absolute Gasteiger partial charge is 0.496 e. The number of piperidine rings is 1. The first-order valence-electron chi connectivity index (χ1n) is 18.4. The van der Waals surface area contributed by atoms with E-state index in [0.29, 0.717) is 16.0 Å². The Kier molecular flexibility index (Phi) is 6.68. The minimum Gasteiger partial charge on any atom is -0.496 e. The molecule has 4 atom stereocenters. The molecule has 2 N–H and O–H groups in total. The number of carboxylic acid groups (broad SMARTS) is 1. The Morgan fingerprint density at radius 2 is 1.88 bits per heavy atom. The maximum atomic E-state index is 14.3.